The van der Waals surface area contributed by atoms with Gasteiger partial charge in [-0.25, -0.2) is 9.80 Å². The second kappa shape index (κ2) is 7.68. The molecule has 6 nitrogen and oxygen atoms in total. The molecule has 0 aromatic heterocycles. The standard InChI is InChI=1S/C22H10F6N2O4/c23-21(24,25)13-9-11(1-3-15(13)29-17(31)5-6-18(29)32)12-2-4-16(14(10-12)22(26,27)28)30-19(33)7-8-20(30)34/h1-10H. The summed E-state index contributed by atoms with van der Waals surface area (Å²) in [4.78, 5) is 48.0. The van der Waals surface area contributed by atoms with E-state index in [9.17, 15) is 45.5 Å². The molecule has 4 amide bonds. The third-order valence-electron chi connectivity index (χ3n) is 5.04. The number of benzene rings is 2. The van der Waals surface area contributed by atoms with Crippen LogP contribution in [0.3, 0.4) is 0 Å². The highest BCUT2D eigenvalue weighted by Gasteiger charge is 2.40. The second-order valence-corrected chi connectivity index (χ2v) is 7.15. The van der Waals surface area contributed by atoms with Crippen LogP contribution in [0.4, 0.5) is 37.7 Å². The van der Waals surface area contributed by atoms with Crippen LogP contribution in [0.5, 0.6) is 0 Å². The summed E-state index contributed by atoms with van der Waals surface area (Å²) in [5.41, 5.74) is -4.99. The topological polar surface area (TPSA) is 74.8 Å². The number of amides is 4. The van der Waals surface area contributed by atoms with Crippen molar-refractivity contribution in [1.29, 1.82) is 0 Å². The summed E-state index contributed by atoms with van der Waals surface area (Å²) in [6.07, 6.45) is -6.94. The van der Waals surface area contributed by atoms with Gasteiger partial charge in [-0.05, 0) is 35.4 Å². The largest absolute Gasteiger partial charge is 0.418 e. The fourth-order valence-corrected chi connectivity index (χ4v) is 3.55. The maximum atomic E-state index is 13.7. The van der Waals surface area contributed by atoms with Crippen molar-refractivity contribution in [3.63, 3.8) is 0 Å². The molecule has 0 spiro atoms. The zero-order valence-electron chi connectivity index (χ0n) is 16.6. The van der Waals surface area contributed by atoms with Crippen LogP contribution in [-0.4, -0.2) is 23.6 Å². The molecule has 2 aliphatic heterocycles. The Kier molecular flexibility index (Phi) is 5.18. The van der Waals surface area contributed by atoms with Crippen LogP contribution in [0.15, 0.2) is 60.7 Å². The van der Waals surface area contributed by atoms with Crippen LogP contribution in [0.1, 0.15) is 11.1 Å². The zero-order chi connectivity index (χ0) is 25.0. The Morgan fingerprint density at radius 2 is 0.794 bits per heavy atom. The van der Waals surface area contributed by atoms with E-state index in [1.807, 2.05) is 0 Å². The van der Waals surface area contributed by atoms with Crippen molar-refractivity contribution >= 4 is 35.0 Å². The van der Waals surface area contributed by atoms with E-state index in [0.717, 1.165) is 48.6 Å². The average molecular weight is 480 g/mol. The average Bonchev–Trinajstić information content (AvgIpc) is 3.26. The van der Waals surface area contributed by atoms with Crippen molar-refractivity contribution in [2.75, 3.05) is 9.80 Å². The Labute approximate surface area is 186 Å². The Balaban J connectivity index is 1.85. The molecule has 2 aromatic rings. The van der Waals surface area contributed by atoms with Crippen LogP contribution >= 0.6 is 0 Å². The number of halogens is 6. The highest BCUT2D eigenvalue weighted by molar-refractivity contribution is 6.29. The quantitative estimate of drug-likeness (QED) is 0.487. The lowest BCUT2D eigenvalue weighted by Gasteiger charge is -2.22. The van der Waals surface area contributed by atoms with E-state index in [2.05, 4.69) is 0 Å². The predicted octanol–water partition coefficient (Wildman–Crippen LogP) is 4.25. The van der Waals surface area contributed by atoms with Gasteiger partial charge in [0.15, 0.2) is 0 Å². The summed E-state index contributed by atoms with van der Waals surface area (Å²) in [6.45, 7) is 0. The number of hydrogen-bond donors (Lipinski definition) is 0. The molecule has 0 N–H and O–H groups in total. The third kappa shape index (κ3) is 3.87. The molecule has 0 unspecified atom stereocenters. The van der Waals surface area contributed by atoms with Crippen molar-refractivity contribution in [2.24, 2.45) is 0 Å². The van der Waals surface area contributed by atoms with Crippen LogP contribution in [0, 0.1) is 0 Å². The van der Waals surface area contributed by atoms with Crippen molar-refractivity contribution in [1.82, 2.24) is 0 Å². The predicted molar refractivity (Wildman–Crippen MR) is 105 cm³/mol. The number of imide groups is 2. The van der Waals surface area contributed by atoms with E-state index in [-0.39, 0.29) is 11.1 Å². The van der Waals surface area contributed by atoms with E-state index >= 15 is 0 Å². The van der Waals surface area contributed by atoms with Gasteiger partial charge in [-0.1, -0.05) is 12.1 Å². The van der Waals surface area contributed by atoms with Crippen molar-refractivity contribution in [2.45, 2.75) is 12.4 Å². The maximum absolute atomic E-state index is 13.7. The molecule has 0 fully saturated rings. The molecule has 0 saturated heterocycles. The summed E-state index contributed by atoms with van der Waals surface area (Å²) in [5, 5.41) is 0. The summed E-state index contributed by atoms with van der Waals surface area (Å²) in [7, 11) is 0. The van der Waals surface area contributed by atoms with Crippen LogP contribution < -0.4 is 9.80 Å². The lowest BCUT2D eigenvalue weighted by molar-refractivity contribution is -0.138. The molecule has 2 aromatic carbocycles. The first-order valence-electron chi connectivity index (χ1n) is 9.34. The molecule has 34 heavy (non-hydrogen) atoms. The molecule has 2 aliphatic rings. The van der Waals surface area contributed by atoms with E-state index in [1.54, 1.807) is 0 Å². The van der Waals surface area contributed by atoms with Gasteiger partial charge in [0.2, 0.25) is 0 Å². The minimum Gasteiger partial charge on any atom is -0.269 e. The van der Waals surface area contributed by atoms with Gasteiger partial charge in [0.25, 0.3) is 23.6 Å². The summed E-state index contributed by atoms with van der Waals surface area (Å²) in [6, 6.07) is 4.67. The van der Waals surface area contributed by atoms with Gasteiger partial charge in [0, 0.05) is 24.3 Å². The van der Waals surface area contributed by atoms with Gasteiger partial charge in [0.05, 0.1) is 22.5 Å². The minimum atomic E-state index is -5.05. The normalized spacial score (nSPS) is 16.4. The third-order valence-corrected chi connectivity index (χ3v) is 5.04. The summed E-state index contributed by atoms with van der Waals surface area (Å²) >= 11 is 0. The molecule has 0 aliphatic carbocycles. The molecule has 12 heteroatoms. The van der Waals surface area contributed by atoms with Gasteiger partial charge in [-0.3, -0.25) is 19.2 Å². The van der Waals surface area contributed by atoms with Gasteiger partial charge in [-0.15, -0.1) is 0 Å². The van der Waals surface area contributed by atoms with E-state index < -0.39 is 58.5 Å². The smallest absolute Gasteiger partial charge is 0.269 e. The minimum absolute atomic E-state index is 0.300. The monoisotopic (exact) mass is 480 g/mol. The molecule has 0 atom stereocenters. The molecule has 174 valence electrons. The Morgan fingerprint density at radius 3 is 1.06 bits per heavy atom. The SMILES string of the molecule is O=C1C=CC(=O)N1c1ccc(-c2ccc(N3C(=O)C=CC3=O)c(C(F)(F)F)c2)cc1C(F)(F)F. The van der Waals surface area contributed by atoms with Gasteiger partial charge >= 0.3 is 12.4 Å². The van der Waals surface area contributed by atoms with Gasteiger partial charge in [0.1, 0.15) is 0 Å². The first-order valence-corrected chi connectivity index (χ1v) is 9.34. The number of anilines is 2. The first-order chi connectivity index (χ1) is 15.8. The lowest BCUT2D eigenvalue weighted by atomic mass is 9.98. The van der Waals surface area contributed by atoms with Crippen LogP contribution in [0.25, 0.3) is 11.1 Å². The fourth-order valence-electron chi connectivity index (χ4n) is 3.55. The Bertz CT molecular complexity index is 1190. The Hall–Kier alpha value is -4.22. The second-order valence-electron chi connectivity index (χ2n) is 7.15. The molecular weight excluding hydrogens is 470 g/mol. The zero-order valence-corrected chi connectivity index (χ0v) is 16.6. The summed E-state index contributed by atoms with van der Waals surface area (Å²) in [5.74, 6) is -4.00. The number of rotatable bonds is 3. The van der Waals surface area contributed by atoms with Gasteiger partial charge < -0.3 is 0 Å². The summed E-state index contributed by atoms with van der Waals surface area (Å²) < 4.78 is 82.4. The number of nitrogens with zero attached hydrogens (tertiary/aromatic N) is 2. The number of carbonyl (C=O) groups excluding carboxylic acids is 4. The molecular formula is C22H10F6N2O4. The molecule has 0 bridgehead atoms. The van der Waals surface area contributed by atoms with E-state index in [0.29, 0.717) is 21.9 Å². The van der Waals surface area contributed by atoms with E-state index in [4.69, 9.17) is 0 Å². The number of hydrogen-bond acceptors (Lipinski definition) is 4. The number of carbonyl (C=O) groups is 4. The highest BCUT2D eigenvalue weighted by Crippen LogP contribution is 2.43. The van der Waals surface area contributed by atoms with Crippen molar-refractivity contribution < 1.29 is 45.5 Å². The Morgan fingerprint density at radius 1 is 0.500 bits per heavy atom. The first kappa shape index (κ1) is 23.0. The number of alkyl halides is 6. The van der Waals surface area contributed by atoms with Gasteiger partial charge in [-0.2, -0.15) is 26.3 Å². The molecule has 0 radical (unpaired) electrons. The van der Waals surface area contributed by atoms with Crippen LogP contribution in [-0.2, 0) is 31.5 Å². The van der Waals surface area contributed by atoms with Crippen molar-refractivity contribution in [3.8, 4) is 11.1 Å². The highest BCUT2D eigenvalue weighted by atomic mass is 19.4. The van der Waals surface area contributed by atoms with Crippen LogP contribution in [0.2, 0.25) is 0 Å². The molecule has 4 rings (SSSR count). The van der Waals surface area contributed by atoms with E-state index in [1.165, 1.54) is 0 Å². The fraction of sp³-hybridized carbons (Fsp3) is 0.0909. The lowest BCUT2D eigenvalue weighted by Crippen LogP contribution is -2.32. The van der Waals surface area contributed by atoms with Crippen molar-refractivity contribution in [3.05, 3.63) is 71.8 Å². The molecule has 0 saturated carbocycles. The maximum Gasteiger partial charge on any atom is 0.418 e. The molecule has 2 heterocycles.